The first-order valence-electron chi connectivity index (χ1n) is 5.99. The fourth-order valence-corrected chi connectivity index (χ4v) is 2.45. The summed E-state index contributed by atoms with van der Waals surface area (Å²) in [6, 6.07) is 13.8. The summed E-state index contributed by atoms with van der Waals surface area (Å²) in [7, 11) is 0. The molecule has 2 rings (SSSR count). The first-order valence-corrected chi connectivity index (χ1v) is 7.16. The van der Waals surface area contributed by atoms with E-state index in [1.54, 1.807) is 0 Å². The number of halogens is 2. The molecule has 0 amide bonds. The topological polar surface area (TPSA) is 35.2 Å². The highest BCUT2D eigenvalue weighted by Gasteiger charge is 2.03. The van der Waals surface area contributed by atoms with Crippen molar-refractivity contribution >= 4 is 27.5 Å². The van der Waals surface area contributed by atoms with E-state index < -0.39 is 0 Å². The summed E-state index contributed by atoms with van der Waals surface area (Å²) in [5.74, 6) is 0. The Bertz CT molecular complexity index is 560. The van der Waals surface area contributed by atoms with Gasteiger partial charge in [0.1, 0.15) is 0 Å². The van der Waals surface area contributed by atoms with Gasteiger partial charge in [-0.05, 0) is 28.8 Å². The highest BCUT2D eigenvalue weighted by atomic mass is 79.9. The number of ether oxygens (including phenoxy) is 1. The van der Waals surface area contributed by atoms with E-state index in [0.29, 0.717) is 19.8 Å². The molecule has 2 N–H and O–H groups in total. The molecular formula is C15H15BrClNO. The lowest BCUT2D eigenvalue weighted by atomic mass is 10.1. The smallest absolute Gasteiger partial charge is 0.0735 e. The predicted octanol–water partition coefficient (Wildman–Crippen LogP) is 4.28. The standard InChI is InChI=1S/C15H15BrClNO/c16-14-7-11(8-18)5-6-12(14)9-19-10-13-3-1-2-4-15(13)17/h1-7H,8-10,18H2. The zero-order chi connectivity index (χ0) is 13.7. The summed E-state index contributed by atoms with van der Waals surface area (Å²) < 4.78 is 6.72. The van der Waals surface area contributed by atoms with Crippen LogP contribution >= 0.6 is 27.5 Å². The van der Waals surface area contributed by atoms with Gasteiger partial charge in [0.25, 0.3) is 0 Å². The molecule has 0 unspecified atom stereocenters. The molecule has 0 aromatic heterocycles. The van der Waals surface area contributed by atoms with Crippen molar-refractivity contribution in [2.45, 2.75) is 19.8 Å². The Balaban J connectivity index is 1.94. The third-order valence-electron chi connectivity index (χ3n) is 2.83. The Hall–Kier alpha value is -0.870. The first-order chi connectivity index (χ1) is 9.20. The van der Waals surface area contributed by atoms with Gasteiger partial charge in [0, 0.05) is 16.0 Å². The van der Waals surface area contributed by atoms with Gasteiger partial charge in [-0.1, -0.05) is 57.9 Å². The second-order valence-corrected chi connectivity index (χ2v) is 5.48. The highest BCUT2D eigenvalue weighted by Crippen LogP contribution is 2.21. The SMILES string of the molecule is NCc1ccc(COCc2ccccc2Cl)c(Br)c1. The third-order valence-corrected chi connectivity index (χ3v) is 3.93. The number of benzene rings is 2. The Morgan fingerprint density at radius 2 is 1.79 bits per heavy atom. The monoisotopic (exact) mass is 339 g/mol. The Morgan fingerprint density at radius 3 is 2.47 bits per heavy atom. The second kappa shape index (κ2) is 7.06. The van der Waals surface area contributed by atoms with Gasteiger partial charge in [-0.25, -0.2) is 0 Å². The summed E-state index contributed by atoms with van der Waals surface area (Å²) in [5.41, 5.74) is 8.79. The van der Waals surface area contributed by atoms with Crippen molar-refractivity contribution in [1.29, 1.82) is 0 Å². The van der Waals surface area contributed by atoms with Crippen molar-refractivity contribution in [3.8, 4) is 0 Å². The molecule has 2 aromatic carbocycles. The molecule has 4 heteroatoms. The van der Waals surface area contributed by atoms with Crippen LogP contribution in [0.5, 0.6) is 0 Å². The lowest BCUT2D eigenvalue weighted by Gasteiger charge is -2.09. The maximum Gasteiger partial charge on any atom is 0.0735 e. The van der Waals surface area contributed by atoms with Crippen LogP contribution in [0.1, 0.15) is 16.7 Å². The minimum Gasteiger partial charge on any atom is -0.372 e. The molecule has 2 nitrogen and oxygen atoms in total. The Labute approximate surface area is 126 Å². The fourth-order valence-electron chi connectivity index (χ4n) is 1.72. The van der Waals surface area contributed by atoms with Crippen LogP contribution in [0.15, 0.2) is 46.9 Å². The average molecular weight is 341 g/mol. The minimum absolute atomic E-state index is 0.505. The summed E-state index contributed by atoms with van der Waals surface area (Å²) in [5, 5.41) is 0.736. The Morgan fingerprint density at radius 1 is 1.05 bits per heavy atom. The van der Waals surface area contributed by atoms with Crippen molar-refractivity contribution in [2.24, 2.45) is 5.73 Å². The maximum atomic E-state index is 6.07. The minimum atomic E-state index is 0.505. The molecule has 0 aliphatic carbocycles. The zero-order valence-corrected chi connectivity index (χ0v) is 12.7. The molecule has 0 saturated carbocycles. The molecule has 0 aliphatic rings. The van der Waals surface area contributed by atoms with Crippen LogP contribution in [0.4, 0.5) is 0 Å². The molecule has 0 radical (unpaired) electrons. The Kier molecular flexibility index (Phi) is 5.40. The van der Waals surface area contributed by atoms with Crippen LogP contribution in [0.2, 0.25) is 5.02 Å². The van der Waals surface area contributed by atoms with Gasteiger partial charge in [0.05, 0.1) is 13.2 Å². The molecule has 0 fully saturated rings. The molecule has 0 aliphatic heterocycles. The van der Waals surface area contributed by atoms with Gasteiger partial charge in [0.2, 0.25) is 0 Å². The van der Waals surface area contributed by atoms with E-state index in [1.807, 2.05) is 42.5 Å². The molecule has 0 spiro atoms. The molecule has 0 bridgehead atoms. The molecule has 100 valence electrons. The predicted molar refractivity (Wildman–Crippen MR) is 82.0 cm³/mol. The van der Waals surface area contributed by atoms with Crippen LogP contribution in [0, 0.1) is 0 Å². The number of hydrogen-bond acceptors (Lipinski definition) is 2. The summed E-state index contributed by atoms with van der Waals surface area (Å²) in [6.45, 7) is 1.58. The van der Waals surface area contributed by atoms with Gasteiger partial charge < -0.3 is 10.5 Å². The van der Waals surface area contributed by atoms with Crippen molar-refractivity contribution in [2.75, 3.05) is 0 Å². The lowest BCUT2D eigenvalue weighted by Crippen LogP contribution is -1.99. The van der Waals surface area contributed by atoms with Gasteiger partial charge in [-0.2, -0.15) is 0 Å². The van der Waals surface area contributed by atoms with Crippen molar-refractivity contribution in [3.05, 3.63) is 68.7 Å². The van der Waals surface area contributed by atoms with Gasteiger partial charge in [0.15, 0.2) is 0 Å². The van der Waals surface area contributed by atoms with Crippen LogP contribution < -0.4 is 5.73 Å². The summed E-state index contributed by atoms with van der Waals surface area (Å²) >= 11 is 9.60. The first kappa shape index (κ1) is 14.5. The number of hydrogen-bond donors (Lipinski definition) is 1. The number of nitrogens with two attached hydrogens (primary N) is 1. The van der Waals surface area contributed by atoms with Crippen LogP contribution in [-0.4, -0.2) is 0 Å². The molecule has 0 heterocycles. The summed E-state index contributed by atoms with van der Waals surface area (Å²) in [6.07, 6.45) is 0. The number of rotatable bonds is 5. The molecule has 2 aromatic rings. The van der Waals surface area contributed by atoms with Crippen molar-refractivity contribution < 1.29 is 4.74 Å². The van der Waals surface area contributed by atoms with E-state index in [2.05, 4.69) is 15.9 Å². The highest BCUT2D eigenvalue weighted by molar-refractivity contribution is 9.10. The molecule has 19 heavy (non-hydrogen) atoms. The lowest BCUT2D eigenvalue weighted by molar-refractivity contribution is 0.107. The third kappa shape index (κ3) is 4.05. The van der Waals surface area contributed by atoms with E-state index in [9.17, 15) is 0 Å². The van der Waals surface area contributed by atoms with E-state index in [1.165, 1.54) is 0 Å². The van der Waals surface area contributed by atoms with E-state index in [0.717, 1.165) is 26.2 Å². The van der Waals surface area contributed by atoms with Crippen molar-refractivity contribution in [3.63, 3.8) is 0 Å². The molecule has 0 saturated heterocycles. The molecule has 0 atom stereocenters. The van der Waals surface area contributed by atoms with Gasteiger partial charge in [-0.3, -0.25) is 0 Å². The maximum absolute atomic E-state index is 6.07. The van der Waals surface area contributed by atoms with Gasteiger partial charge >= 0.3 is 0 Å². The van der Waals surface area contributed by atoms with Crippen LogP contribution in [-0.2, 0) is 24.5 Å². The summed E-state index contributed by atoms with van der Waals surface area (Å²) in [4.78, 5) is 0. The second-order valence-electron chi connectivity index (χ2n) is 4.21. The normalized spacial score (nSPS) is 10.7. The van der Waals surface area contributed by atoms with E-state index >= 15 is 0 Å². The van der Waals surface area contributed by atoms with Crippen LogP contribution in [0.25, 0.3) is 0 Å². The molecular weight excluding hydrogens is 326 g/mol. The van der Waals surface area contributed by atoms with Gasteiger partial charge in [-0.15, -0.1) is 0 Å². The van der Waals surface area contributed by atoms with E-state index in [-0.39, 0.29) is 0 Å². The largest absolute Gasteiger partial charge is 0.372 e. The van der Waals surface area contributed by atoms with E-state index in [4.69, 9.17) is 22.1 Å². The zero-order valence-electron chi connectivity index (χ0n) is 10.4. The van der Waals surface area contributed by atoms with Crippen molar-refractivity contribution in [1.82, 2.24) is 0 Å². The fraction of sp³-hybridized carbons (Fsp3) is 0.200. The van der Waals surface area contributed by atoms with Crippen LogP contribution in [0.3, 0.4) is 0 Å². The quantitative estimate of drug-likeness (QED) is 0.882. The average Bonchev–Trinajstić information content (AvgIpc) is 2.42.